The molecule has 0 saturated heterocycles. The molecule has 0 spiro atoms. The molecule has 0 fully saturated rings. The number of nitrogens with two attached hydrogens (primary N) is 3. The molecule has 2 rings (SSSR count). The largest absolute Gasteiger partial charge is 0.493 e. The van der Waals surface area contributed by atoms with Gasteiger partial charge in [-0.3, -0.25) is 20.2 Å². The van der Waals surface area contributed by atoms with Crippen LogP contribution in [-0.4, -0.2) is 34.5 Å². The number of rotatable bonds is 4. The van der Waals surface area contributed by atoms with E-state index in [1.54, 1.807) is 0 Å². The number of hydrogen-bond donors (Lipinski definition) is 3. The predicted octanol–water partition coefficient (Wildman–Crippen LogP) is -0.867. The van der Waals surface area contributed by atoms with Crippen LogP contribution < -0.4 is 17.2 Å². The molecule has 2 aromatic heterocycles. The first-order valence-corrected chi connectivity index (χ1v) is 5.40. The zero-order chi connectivity index (χ0) is 17.5. The van der Waals surface area contributed by atoms with Gasteiger partial charge in [0.25, 0.3) is 5.82 Å². The van der Waals surface area contributed by atoms with Crippen LogP contribution in [0.3, 0.4) is 0 Å². The second-order valence-electron chi connectivity index (χ2n) is 3.88. The summed E-state index contributed by atoms with van der Waals surface area (Å²) in [5.74, 6) is -3.09. The maximum Gasteiger partial charge on any atom is 0.493 e. The molecule has 16 nitrogen and oxygen atoms in total. The van der Waals surface area contributed by atoms with Crippen molar-refractivity contribution in [1.29, 1.82) is 0 Å². The lowest BCUT2D eigenvalue weighted by Gasteiger charge is -2.05. The summed E-state index contributed by atoms with van der Waals surface area (Å²) in [6.45, 7) is 0. The van der Waals surface area contributed by atoms with Crippen LogP contribution in [0.1, 0.15) is 0 Å². The number of anilines is 3. The van der Waals surface area contributed by atoms with E-state index < -0.39 is 55.4 Å². The summed E-state index contributed by atoms with van der Waals surface area (Å²) in [5.41, 5.74) is 13.2. The minimum Gasteiger partial charge on any atom is -0.390 e. The van der Waals surface area contributed by atoms with E-state index in [0.29, 0.717) is 4.68 Å². The average molecular weight is 326 g/mol. The minimum atomic E-state index is -1.09. The van der Waals surface area contributed by atoms with Crippen LogP contribution in [0.2, 0.25) is 0 Å². The fourth-order valence-corrected chi connectivity index (χ4v) is 1.66. The summed E-state index contributed by atoms with van der Waals surface area (Å²) < 4.78 is 0.437. The van der Waals surface area contributed by atoms with Gasteiger partial charge in [0.05, 0.1) is 9.85 Å². The standard InChI is InChI=1S/C7H6N10O6/c8-1-2(15(18)19)4(9)11-5(3(1)16(20)21)14-6(10)12-7(13-14)17(22)23/h(H4,8,9,11)(H2,10,12,13). The first-order chi connectivity index (χ1) is 10.6. The van der Waals surface area contributed by atoms with Gasteiger partial charge >= 0.3 is 23.3 Å². The Hall–Kier alpha value is -4.11. The summed E-state index contributed by atoms with van der Waals surface area (Å²) in [6, 6.07) is 0. The van der Waals surface area contributed by atoms with Gasteiger partial charge in [-0.05, 0) is 9.91 Å². The van der Waals surface area contributed by atoms with Crippen LogP contribution in [0.15, 0.2) is 0 Å². The summed E-state index contributed by atoms with van der Waals surface area (Å²) in [7, 11) is 0. The number of nitrogens with zero attached hydrogens (tertiary/aromatic N) is 7. The first kappa shape index (κ1) is 15.3. The highest BCUT2D eigenvalue weighted by Crippen LogP contribution is 2.39. The molecule has 0 aliphatic rings. The van der Waals surface area contributed by atoms with Crippen LogP contribution in [-0.2, 0) is 0 Å². The molecule has 0 aliphatic carbocycles. The van der Waals surface area contributed by atoms with Crippen molar-refractivity contribution >= 4 is 34.8 Å². The molecule has 2 heterocycles. The zero-order valence-electron chi connectivity index (χ0n) is 10.8. The van der Waals surface area contributed by atoms with Crippen LogP contribution in [0.5, 0.6) is 0 Å². The number of nitro groups is 3. The molecule has 0 aromatic carbocycles. The van der Waals surface area contributed by atoms with Crippen molar-refractivity contribution in [3.8, 4) is 5.82 Å². The molecule has 0 aliphatic heterocycles. The van der Waals surface area contributed by atoms with Crippen molar-refractivity contribution in [2.45, 2.75) is 0 Å². The Labute approximate surface area is 124 Å². The van der Waals surface area contributed by atoms with Gasteiger partial charge in [-0.15, -0.1) is 0 Å². The molecular weight excluding hydrogens is 320 g/mol. The van der Waals surface area contributed by atoms with E-state index in [9.17, 15) is 30.3 Å². The van der Waals surface area contributed by atoms with Gasteiger partial charge in [-0.25, -0.2) is 0 Å². The molecular formula is C7H6N10O6. The van der Waals surface area contributed by atoms with Gasteiger partial charge < -0.3 is 27.3 Å². The Kier molecular flexibility index (Phi) is 3.33. The molecule has 6 N–H and O–H groups in total. The topological polar surface area (TPSA) is 251 Å². The van der Waals surface area contributed by atoms with Crippen molar-refractivity contribution in [2.75, 3.05) is 17.2 Å². The fourth-order valence-electron chi connectivity index (χ4n) is 1.66. The van der Waals surface area contributed by atoms with Gasteiger partial charge in [0.1, 0.15) is 0 Å². The Balaban J connectivity index is 2.85. The van der Waals surface area contributed by atoms with Gasteiger partial charge in [-0.2, -0.15) is 4.98 Å². The maximum atomic E-state index is 11.1. The lowest BCUT2D eigenvalue weighted by molar-refractivity contribution is -0.394. The minimum absolute atomic E-state index is 0.437. The third-order valence-electron chi connectivity index (χ3n) is 2.54. The number of aromatic nitrogens is 4. The average Bonchev–Trinajstić information content (AvgIpc) is 2.79. The van der Waals surface area contributed by atoms with Crippen molar-refractivity contribution < 1.29 is 14.8 Å². The number of hydrogen-bond acceptors (Lipinski definition) is 12. The molecule has 0 atom stereocenters. The molecule has 23 heavy (non-hydrogen) atoms. The van der Waals surface area contributed by atoms with E-state index in [2.05, 4.69) is 15.1 Å². The van der Waals surface area contributed by atoms with Crippen molar-refractivity contribution in [3.63, 3.8) is 0 Å². The summed E-state index contributed by atoms with van der Waals surface area (Å²) in [5, 5.41) is 35.9. The second kappa shape index (κ2) is 5.02. The van der Waals surface area contributed by atoms with E-state index in [1.165, 1.54) is 0 Å². The third kappa shape index (κ3) is 2.34. The Bertz CT molecular complexity index is 858. The van der Waals surface area contributed by atoms with Gasteiger partial charge in [0.15, 0.2) is 5.69 Å². The van der Waals surface area contributed by atoms with Crippen LogP contribution >= 0.6 is 0 Å². The van der Waals surface area contributed by atoms with Gasteiger partial charge in [0.2, 0.25) is 5.82 Å². The normalized spacial score (nSPS) is 10.4. The zero-order valence-corrected chi connectivity index (χ0v) is 10.8. The molecule has 0 bridgehead atoms. The van der Waals surface area contributed by atoms with E-state index in [4.69, 9.17) is 17.2 Å². The highest BCUT2D eigenvalue weighted by atomic mass is 16.6. The Morgan fingerprint density at radius 3 is 1.87 bits per heavy atom. The quantitative estimate of drug-likeness (QED) is 0.457. The second-order valence-corrected chi connectivity index (χ2v) is 3.88. The lowest BCUT2D eigenvalue weighted by Crippen LogP contribution is -2.13. The Morgan fingerprint density at radius 2 is 1.43 bits per heavy atom. The fraction of sp³-hybridized carbons (Fsp3) is 0. The van der Waals surface area contributed by atoms with Crippen LogP contribution in [0, 0.1) is 30.3 Å². The summed E-state index contributed by atoms with van der Waals surface area (Å²) in [4.78, 5) is 36.2. The van der Waals surface area contributed by atoms with Crippen molar-refractivity contribution in [1.82, 2.24) is 19.7 Å². The number of nitrogen functional groups attached to an aromatic ring is 3. The van der Waals surface area contributed by atoms with Crippen LogP contribution in [0.4, 0.5) is 34.8 Å². The van der Waals surface area contributed by atoms with E-state index in [0.717, 1.165) is 0 Å². The van der Waals surface area contributed by atoms with E-state index >= 15 is 0 Å². The van der Waals surface area contributed by atoms with Crippen molar-refractivity contribution in [3.05, 3.63) is 30.3 Å². The lowest BCUT2D eigenvalue weighted by atomic mass is 10.2. The van der Waals surface area contributed by atoms with Gasteiger partial charge in [-0.1, -0.05) is 4.68 Å². The highest BCUT2D eigenvalue weighted by Gasteiger charge is 2.36. The molecule has 0 radical (unpaired) electrons. The van der Waals surface area contributed by atoms with Gasteiger partial charge in [0, 0.05) is 5.10 Å². The van der Waals surface area contributed by atoms with E-state index in [1.807, 2.05) is 0 Å². The molecule has 0 amide bonds. The first-order valence-electron chi connectivity index (χ1n) is 5.40. The molecule has 0 saturated carbocycles. The molecule has 0 unspecified atom stereocenters. The molecule has 2 aromatic rings. The highest BCUT2D eigenvalue weighted by molar-refractivity contribution is 5.82. The molecule has 120 valence electrons. The molecule has 16 heteroatoms. The summed E-state index contributed by atoms with van der Waals surface area (Å²) in [6.07, 6.45) is 0. The van der Waals surface area contributed by atoms with E-state index in [-0.39, 0.29) is 0 Å². The predicted molar refractivity (Wildman–Crippen MR) is 72.4 cm³/mol. The van der Waals surface area contributed by atoms with Crippen LogP contribution in [0.25, 0.3) is 5.82 Å². The monoisotopic (exact) mass is 326 g/mol. The summed E-state index contributed by atoms with van der Waals surface area (Å²) >= 11 is 0. The van der Waals surface area contributed by atoms with Crippen molar-refractivity contribution in [2.24, 2.45) is 0 Å². The third-order valence-corrected chi connectivity index (χ3v) is 2.54. The number of pyridine rings is 1. The maximum absolute atomic E-state index is 11.1. The SMILES string of the molecule is Nc1nc(-n2nc([N+](=O)[O-])nc2N)c([N+](=O)[O-])c(N)c1[N+](=O)[O-]. The smallest absolute Gasteiger partial charge is 0.390 e. The Morgan fingerprint density at radius 1 is 0.870 bits per heavy atom.